The number of hydrogen-bond donors (Lipinski definition) is 2. The number of anilines is 2. The number of amides is 2. The molecule has 24 heavy (non-hydrogen) atoms. The van der Waals surface area contributed by atoms with Crippen LogP contribution in [-0.2, 0) is 14.3 Å². The zero-order valence-electron chi connectivity index (χ0n) is 14.5. The summed E-state index contributed by atoms with van der Waals surface area (Å²) in [4.78, 5) is 23.8. The lowest BCUT2D eigenvalue weighted by Crippen LogP contribution is -2.23. The highest BCUT2D eigenvalue weighted by molar-refractivity contribution is 8.00. The zero-order chi connectivity index (χ0) is 17.8. The molecule has 0 aliphatic rings. The van der Waals surface area contributed by atoms with Crippen LogP contribution in [0.5, 0.6) is 0 Å². The van der Waals surface area contributed by atoms with E-state index in [1.807, 2.05) is 6.92 Å². The van der Waals surface area contributed by atoms with Crippen molar-refractivity contribution in [2.24, 2.45) is 0 Å². The first kappa shape index (κ1) is 20.3. The topological polar surface area (TPSA) is 76.7 Å². The summed E-state index contributed by atoms with van der Waals surface area (Å²) < 4.78 is 9.74. The standard InChI is InChI=1S/C17H26N2O4S/c1-4-5-11-24-13(2)16(20)18-14-7-6-8-15(12-14)19-17(21)23-10-9-22-3/h6-8,12-13H,4-5,9-11H2,1-3H3,(H,18,20)(H,19,21). The minimum Gasteiger partial charge on any atom is -0.447 e. The Morgan fingerprint density at radius 2 is 1.92 bits per heavy atom. The Bertz CT molecular complexity index is 525. The van der Waals surface area contributed by atoms with E-state index in [1.165, 1.54) is 7.11 Å². The molecule has 1 rings (SSSR count). The molecular formula is C17H26N2O4S. The summed E-state index contributed by atoms with van der Waals surface area (Å²) in [6.45, 7) is 4.55. The van der Waals surface area contributed by atoms with E-state index < -0.39 is 6.09 Å². The number of thioether (sulfide) groups is 1. The average molecular weight is 354 g/mol. The van der Waals surface area contributed by atoms with Gasteiger partial charge in [-0.25, -0.2) is 4.79 Å². The van der Waals surface area contributed by atoms with E-state index in [4.69, 9.17) is 9.47 Å². The van der Waals surface area contributed by atoms with Crippen LogP contribution in [0, 0.1) is 0 Å². The van der Waals surface area contributed by atoms with Crippen LogP contribution >= 0.6 is 11.8 Å². The summed E-state index contributed by atoms with van der Waals surface area (Å²) in [6, 6.07) is 6.96. The van der Waals surface area contributed by atoms with Gasteiger partial charge in [0.2, 0.25) is 5.91 Å². The number of benzene rings is 1. The van der Waals surface area contributed by atoms with Gasteiger partial charge in [0.05, 0.1) is 11.9 Å². The molecule has 1 aromatic rings. The molecule has 0 aliphatic carbocycles. The SMILES string of the molecule is CCCCSC(C)C(=O)Nc1cccc(NC(=O)OCCOC)c1. The molecule has 0 fully saturated rings. The van der Waals surface area contributed by atoms with Gasteiger partial charge in [0.15, 0.2) is 0 Å². The van der Waals surface area contributed by atoms with E-state index in [2.05, 4.69) is 17.6 Å². The van der Waals surface area contributed by atoms with Crippen molar-refractivity contribution < 1.29 is 19.1 Å². The van der Waals surface area contributed by atoms with E-state index in [1.54, 1.807) is 36.0 Å². The number of unbranched alkanes of at least 4 members (excludes halogenated alkanes) is 1. The maximum Gasteiger partial charge on any atom is 0.411 e. The van der Waals surface area contributed by atoms with Crippen molar-refractivity contribution in [3.8, 4) is 0 Å². The minimum atomic E-state index is -0.556. The predicted molar refractivity (Wildman–Crippen MR) is 98.7 cm³/mol. The van der Waals surface area contributed by atoms with Crippen LogP contribution in [0.4, 0.5) is 16.2 Å². The van der Waals surface area contributed by atoms with Crippen molar-refractivity contribution in [2.45, 2.75) is 31.9 Å². The third-order valence-corrected chi connectivity index (χ3v) is 4.37. The van der Waals surface area contributed by atoms with Crippen LogP contribution in [0.2, 0.25) is 0 Å². The fourth-order valence-corrected chi connectivity index (χ4v) is 2.79. The minimum absolute atomic E-state index is 0.0454. The van der Waals surface area contributed by atoms with Gasteiger partial charge in [0, 0.05) is 18.5 Å². The molecule has 0 heterocycles. The maximum atomic E-state index is 12.2. The fourth-order valence-electron chi connectivity index (χ4n) is 1.77. The second kappa shape index (κ2) is 11.8. The molecule has 2 amide bonds. The van der Waals surface area contributed by atoms with Crippen LogP contribution in [0.1, 0.15) is 26.7 Å². The van der Waals surface area contributed by atoms with Gasteiger partial charge in [0.1, 0.15) is 6.61 Å². The van der Waals surface area contributed by atoms with Gasteiger partial charge < -0.3 is 14.8 Å². The van der Waals surface area contributed by atoms with Crippen molar-refractivity contribution in [1.82, 2.24) is 0 Å². The highest BCUT2D eigenvalue weighted by atomic mass is 32.2. The Balaban J connectivity index is 2.49. The first-order valence-corrected chi connectivity index (χ1v) is 9.07. The largest absolute Gasteiger partial charge is 0.447 e. The van der Waals surface area contributed by atoms with Crippen LogP contribution in [0.25, 0.3) is 0 Å². The first-order chi connectivity index (χ1) is 11.6. The molecule has 6 nitrogen and oxygen atoms in total. The Kier molecular flexibility index (Phi) is 9.95. The summed E-state index contributed by atoms with van der Waals surface area (Å²) in [6.07, 6.45) is 1.67. The van der Waals surface area contributed by atoms with Gasteiger partial charge in [-0.2, -0.15) is 0 Å². The van der Waals surface area contributed by atoms with Gasteiger partial charge >= 0.3 is 6.09 Å². The quantitative estimate of drug-likeness (QED) is 0.626. The maximum absolute atomic E-state index is 12.2. The van der Waals surface area contributed by atoms with E-state index >= 15 is 0 Å². The van der Waals surface area contributed by atoms with Gasteiger partial charge in [-0.05, 0) is 37.3 Å². The zero-order valence-corrected chi connectivity index (χ0v) is 15.3. The Morgan fingerprint density at radius 3 is 2.58 bits per heavy atom. The lowest BCUT2D eigenvalue weighted by atomic mass is 10.2. The molecule has 1 atom stereocenters. The second-order valence-electron chi connectivity index (χ2n) is 5.19. The monoisotopic (exact) mass is 354 g/mol. The summed E-state index contributed by atoms with van der Waals surface area (Å²) in [7, 11) is 1.54. The number of methoxy groups -OCH3 is 1. The highest BCUT2D eigenvalue weighted by Gasteiger charge is 2.13. The molecule has 0 aliphatic heterocycles. The molecule has 2 N–H and O–H groups in total. The molecule has 0 saturated heterocycles. The van der Waals surface area contributed by atoms with Gasteiger partial charge in [-0.1, -0.05) is 19.4 Å². The Hall–Kier alpha value is -1.73. The lowest BCUT2D eigenvalue weighted by Gasteiger charge is -2.13. The second-order valence-corrected chi connectivity index (χ2v) is 6.64. The summed E-state index contributed by atoms with van der Waals surface area (Å²) >= 11 is 1.64. The molecule has 1 unspecified atom stereocenters. The molecule has 0 spiro atoms. The normalized spacial score (nSPS) is 11.6. The molecule has 0 bridgehead atoms. The number of rotatable bonds is 10. The van der Waals surface area contributed by atoms with Crippen LogP contribution < -0.4 is 10.6 Å². The molecule has 7 heteroatoms. The Morgan fingerprint density at radius 1 is 1.21 bits per heavy atom. The van der Waals surface area contributed by atoms with Gasteiger partial charge in [-0.15, -0.1) is 11.8 Å². The lowest BCUT2D eigenvalue weighted by molar-refractivity contribution is -0.115. The van der Waals surface area contributed by atoms with Crippen LogP contribution in [-0.4, -0.2) is 43.3 Å². The summed E-state index contributed by atoms with van der Waals surface area (Å²) in [5.74, 6) is 0.927. The number of ether oxygens (including phenoxy) is 2. The van der Waals surface area contributed by atoms with Crippen LogP contribution in [0.15, 0.2) is 24.3 Å². The van der Waals surface area contributed by atoms with Crippen molar-refractivity contribution in [1.29, 1.82) is 0 Å². The molecule has 0 aromatic heterocycles. The van der Waals surface area contributed by atoms with Gasteiger partial charge in [-0.3, -0.25) is 10.1 Å². The summed E-state index contributed by atoms with van der Waals surface area (Å²) in [5.41, 5.74) is 1.19. The molecular weight excluding hydrogens is 328 g/mol. The molecule has 1 aromatic carbocycles. The fraction of sp³-hybridized carbons (Fsp3) is 0.529. The van der Waals surface area contributed by atoms with Crippen molar-refractivity contribution in [2.75, 3.05) is 36.7 Å². The number of carbonyl (C=O) groups is 2. The molecule has 0 radical (unpaired) electrons. The molecule has 134 valence electrons. The van der Waals surface area contributed by atoms with Crippen molar-refractivity contribution in [3.05, 3.63) is 24.3 Å². The number of hydrogen-bond acceptors (Lipinski definition) is 5. The van der Waals surface area contributed by atoms with E-state index in [9.17, 15) is 9.59 Å². The predicted octanol–water partition coefficient (Wildman–Crippen LogP) is 3.74. The van der Waals surface area contributed by atoms with Crippen molar-refractivity contribution >= 4 is 35.1 Å². The highest BCUT2D eigenvalue weighted by Crippen LogP contribution is 2.18. The average Bonchev–Trinajstić information content (AvgIpc) is 2.55. The number of nitrogens with one attached hydrogen (secondary N) is 2. The van der Waals surface area contributed by atoms with Crippen molar-refractivity contribution in [3.63, 3.8) is 0 Å². The smallest absolute Gasteiger partial charge is 0.411 e. The molecule has 0 saturated carbocycles. The number of carbonyl (C=O) groups excluding carboxylic acids is 2. The van der Waals surface area contributed by atoms with E-state index in [0.717, 1.165) is 18.6 Å². The van der Waals surface area contributed by atoms with E-state index in [-0.39, 0.29) is 17.8 Å². The Labute approximate surface area is 147 Å². The summed E-state index contributed by atoms with van der Waals surface area (Å²) in [5, 5.41) is 5.36. The first-order valence-electron chi connectivity index (χ1n) is 8.02. The van der Waals surface area contributed by atoms with Crippen LogP contribution in [0.3, 0.4) is 0 Å². The third kappa shape index (κ3) is 8.21. The third-order valence-electron chi connectivity index (χ3n) is 3.13. The van der Waals surface area contributed by atoms with E-state index in [0.29, 0.717) is 18.0 Å². The van der Waals surface area contributed by atoms with Gasteiger partial charge in [0.25, 0.3) is 0 Å².